The molecular weight excluding hydrogens is 401 g/mol. The summed E-state index contributed by atoms with van der Waals surface area (Å²) in [6.45, 7) is 4.28. The zero-order valence-electron chi connectivity index (χ0n) is 16.9. The first-order valence-electron chi connectivity index (χ1n) is 10.7. The zero-order valence-corrected chi connectivity index (χ0v) is 17.6. The summed E-state index contributed by atoms with van der Waals surface area (Å²) in [5.41, 5.74) is 2.75. The van der Waals surface area contributed by atoms with Crippen molar-refractivity contribution in [3.05, 3.63) is 65.2 Å². The van der Waals surface area contributed by atoms with E-state index in [9.17, 15) is 4.39 Å². The fourth-order valence-electron chi connectivity index (χ4n) is 4.62. The van der Waals surface area contributed by atoms with E-state index in [0.29, 0.717) is 11.5 Å². The Morgan fingerprint density at radius 1 is 1.03 bits per heavy atom. The molecule has 156 valence electrons. The van der Waals surface area contributed by atoms with Gasteiger partial charge in [-0.05, 0) is 81.0 Å². The first-order valence-corrected chi connectivity index (χ1v) is 11.1. The quantitative estimate of drug-likeness (QED) is 0.343. The molecule has 0 unspecified atom stereocenters. The number of nitrogens with zero attached hydrogens (tertiary/aromatic N) is 3. The lowest BCUT2D eigenvalue weighted by atomic mass is 9.91. The summed E-state index contributed by atoms with van der Waals surface area (Å²) in [6, 6.07) is 12.9. The van der Waals surface area contributed by atoms with Crippen LogP contribution >= 0.6 is 11.6 Å². The second kappa shape index (κ2) is 8.40. The molecule has 6 heteroatoms. The number of fused-ring (bicyclic) bond motifs is 2. The molecule has 1 aliphatic rings. The first-order chi connectivity index (χ1) is 14.7. The second-order valence-corrected chi connectivity index (χ2v) is 8.68. The maximum Gasteiger partial charge on any atom is 0.170 e. The summed E-state index contributed by atoms with van der Waals surface area (Å²) in [7, 11) is 0. The van der Waals surface area contributed by atoms with Gasteiger partial charge in [0, 0.05) is 40.7 Å². The lowest BCUT2D eigenvalue weighted by molar-refractivity contribution is 0.205. The van der Waals surface area contributed by atoms with Crippen LogP contribution in [-0.2, 0) is 6.54 Å². The fourth-order valence-corrected chi connectivity index (χ4v) is 4.79. The van der Waals surface area contributed by atoms with Crippen LogP contribution in [0.15, 0.2) is 53.2 Å². The molecule has 0 spiro atoms. The highest BCUT2D eigenvalue weighted by Gasteiger charge is 2.24. The lowest BCUT2D eigenvalue weighted by Gasteiger charge is -2.31. The maximum absolute atomic E-state index is 13.4. The van der Waals surface area contributed by atoms with Crippen molar-refractivity contribution in [1.29, 1.82) is 0 Å². The Morgan fingerprint density at radius 2 is 1.87 bits per heavy atom. The van der Waals surface area contributed by atoms with Crippen molar-refractivity contribution in [2.45, 2.75) is 38.1 Å². The minimum Gasteiger partial charge on any atom is -0.356 e. The third kappa shape index (κ3) is 3.96. The summed E-state index contributed by atoms with van der Waals surface area (Å²) in [4.78, 5) is 2.54. The van der Waals surface area contributed by atoms with Gasteiger partial charge in [-0.15, -0.1) is 0 Å². The average molecular weight is 426 g/mol. The molecule has 0 radical (unpaired) electrons. The summed E-state index contributed by atoms with van der Waals surface area (Å²) in [5, 5.41) is 7.23. The molecule has 3 heterocycles. The van der Waals surface area contributed by atoms with E-state index in [2.05, 4.69) is 33.0 Å². The van der Waals surface area contributed by atoms with E-state index in [4.69, 9.17) is 16.1 Å². The van der Waals surface area contributed by atoms with Crippen LogP contribution in [0.5, 0.6) is 0 Å². The average Bonchev–Trinajstić information content (AvgIpc) is 3.35. The van der Waals surface area contributed by atoms with Crippen molar-refractivity contribution in [2.75, 3.05) is 19.6 Å². The minimum absolute atomic E-state index is 0.281. The molecule has 0 bridgehead atoms. The van der Waals surface area contributed by atoms with E-state index in [1.165, 1.54) is 29.5 Å². The first kappa shape index (κ1) is 19.6. The Hall–Kier alpha value is -2.37. The molecule has 1 saturated heterocycles. The van der Waals surface area contributed by atoms with Crippen molar-refractivity contribution in [3.8, 4) is 0 Å². The van der Waals surface area contributed by atoms with E-state index in [-0.39, 0.29) is 5.82 Å². The van der Waals surface area contributed by atoms with Gasteiger partial charge in [-0.25, -0.2) is 4.39 Å². The van der Waals surface area contributed by atoms with Gasteiger partial charge in [-0.2, -0.15) is 0 Å². The van der Waals surface area contributed by atoms with Crippen molar-refractivity contribution < 1.29 is 8.91 Å². The van der Waals surface area contributed by atoms with Crippen LogP contribution < -0.4 is 0 Å². The van der Waals surface area contributed by atoms with Crippen LogP contribution in [0.1, 0.15) is 37.3 Å². The number of likely N-dealkylation sites (tertiary alicyclic amines) is 1. The summed E-state index contributed by atoms with van der Waals surface area (Å²) < 4.78 is 21.0. The molecular formula is C24H25ClFN3O. The lowest BCUT2D eigenvalue weighted by Crippen LogP contribution is -2.33. The fraction of sp³-hybridized carbons (Fsp3) is 0.375. The van der Waals surface area contributed by atoms with Gasteiger partial charge in [0.15, 0.2) is 5.58 Å². The van der Waals surface area contributed by atoms with Gasteiger partial charge >= 0.3 is 0 Å². The van der Waals surface area contributed by atoms with Crippen LogP contribution in [-0.4, -0.2) is 34.3 Å². The second-order valence-electron chi connectivity index (χ2n) is 8.24. The number of aromatic nitrogens is 2. The van der Waals surface area contributed by atoms with E-state index in [1.54, 1.807) is 6.07 Å². The third-order valence-electron chi connectivity index (χ3n) is 6.30. The Morgan fingerprint density at radius 3 is 2.73 bits per heavy atom. The van der Waals surface area contributed by atoms with Gasteiger partial charge in [0.1, 0.15) is 5.82 Å². The van der Waals surface area contributed by atoms with E-state index in [1.807, 2.05) is 12.1 Å². The SMILES string of the molecule is Fc1ccc2c(C3CCN(CCCCn4ccc5ccc(Cl)cc54)CC3)noc2c1. The number of aryl methyl sites for hydroxylation is 1. The van der Waals surface area contributed by atoms with Crippen LogP contribution in [0.3, 0.4) is 0 Å². The van der Waals surface area contributed by atoms with Gasteiger partial charge in [0.25, 0.3) is 0 Å². The predicted octanol–water partition coefficient (Wildman–Crippen LogP) is 6.23. The van der Waals surface area contributed by atoms with Crippen LogP contribution in [0.25, 0.3) is 21.9 Å². The Labute approximate surface area is 180 Å². The van der Waals surface area contributed by atoms with Gasteiger partial charge in [0.2, 0.25) is 0 Å². The minimum atomic E-state index is -0.281. The molecule has 1 aliphatic heterocycles. The van der Waals surface area contributed by atoms with Gasteiger partial charge in [-0.3, -0.25) is 0 Å². The normalized spacial score (nSPS) is 16.1. The number of piperidine rings is 1. The van der Waals surface area contributed by atoms with Crippen LogP contribution in [0, 0.1) is 5.82 Å². The molecule has 30 heavy (non-hydrogen) atoms. The number of halogens is 2. The number of hydrogen-bond donors (Lipinski definition) is 0. The molecule has 0 atom stereocenters. The van der Waals surface area contributed by atoms with Gasteiger partial charge in [0.05, 0.1) is 5.69 Å². The van der Waals surface area contributed by atoms with E-state index >= 15 is 0 Å². The summed E-state index contributed by atoms with van der Waals surface area (Å²) in [6.07, 6.45) is 6.62. The maximum atomic E-state index is 13.4. The van der Waals surface area contributed by atoms with Crippen molar-refractivity contribution >= 4 is 33.5 Å². The molecule has 2 aromatic heterocycles. The molecule has 0 saturated carbocycles. The molecule has 5 rings (SSSR count). The topological polar surface area (TPSA) is 34.2 Å². The zero-order chi connectivity index (χ0) is 20.5. The van der Waals surface area contributed by atoms with E-state index in [0.717, 1.165) is 61.5 Å². The standard InChI is InChI=1S/C24H25ClFN3O/c25-19-4-3-17-9-14-29(22(17)15-19)11-2-1-10-28-12-7-18(8-13-28)24-21-6-5-20(26)16-23(21)30-27-24/h3-6,9,14-16,18H,1-2,7-8,10-13H2. The number of benzene rings is 2. The number of hydrogen-bond acceptors (Lipinski definition) is 3. The predicted molar refractivity (Wildman–Crippen MR) is 119 cm³/mol. The number of unbranched alkanes of at least 4 members (excludes halogenated alkanes) is 1. The molecule has 1 fully saturated rings. The van der Waals surface area contributed by atoms with Crippen molar-refractivity contribution in [1.82, 2.24) is 14.6 Å². The Bertz CT molecular complexity index is 1160. The Kier molecular flexibility index (Phi) is 5.48. The third-order valence-corrected chi connectivity index (χ3v) is 6.53. The molecule has 4 aromatic rings. The molecule has 4 nitrogen and oxygen atoms in total. The van der Waals surface area contributed by atoms with Crippen molar-refractivity contribution in [2.24, 2.45) is 0 Å². The van der Waals surface area contributed by atoms with Crippen LogP contribution in [0.4, 0.5) is 4.39 Å². The molecule has 0 amide bonds. The largest absolute Gasteiger partial charge is 0.356 e. The van der Waals surface area contributed by atoms with E-state index < -0.39 is 0 Å². The molecule has 0 aliphatic carbocycles. The van der Waals surface area contributed by atoms with Gasteiger partial charge in [-0.1, -0.05) is 22.8 Å². The smallest absolute Gasteiger partial charge is 0.170 e. The van der Waals surface area contributed by atoms with Crippen molar-refractivity contribution in [3.63, 3.8) is 0 Å². The molecule has 2 aromatic carbocycles. The highest BCUT2D eigenvalue weighted by Crippen LogP contribution is 2.32. The molecule has 0 N–H and O–H groups in total. The van der Waals surface area contributed by atoms with Gasteiger partial charge < -0.3 is 14.0 Å². The highest BCUT2D eigenvalue weighted by atomic mass is 35.5. The van der Waals surface area contributed by atoms with Crippen LogP contribution in [0.2, 0.25) is 5.02 Å². The monoisotopic (exact) mass is 425 g/mol. The number of rotatable bonds is 6. The summed E-state index contributed by atoms with van der Waals surface area (Å²) >= 11 is 6.15. The Balaban J connectivity index is 1.11. The highest BCUT2D eigenvalue weighted by molar-refractivity contribution is 6.31. The summed E-state index contributed by atoms with van der Waals surface area (Å²) in [5.74, 6) is 0.111.